The van der Waals surface area contributed by atoms with Crippen molar-refractivity contribution >= 4 is 0 Å². The molecule has 1 fully saturated rings. The third kappa shape index (κ3) is 7.08. The van der Waals surface area contributed by atoms with Crippen LogP contribution in [0.5, 0.6) is 0 Å². The number of unbranched alkanes of at least 4 members (excludes halogenated alkanes) is 3. The largest absolute Gasteiger partial charge is 0.317 e. The van der Waals surface area contributed by atoms with Crippen molar-refractivity contribution in [2.75, 3.05) is 7.05 Å². The molecule has 1 unspecified atom stereocenters. The highest BCUT2D eigenvalue weighted by atomic mass is 14.9. The zero-order chi connectivity index (χ0) is 12.3. The first kappa shape index (κ1) is 15.0. The summed E-state index contributed by atoms with van der Waals surface area (Å²) >= 11 is 0. The second kappa shape index (κ2) is 9.94. The van der Waals surface area contributed by atoms with Crippen LogP contribution in [0, 0.1) is 5.92 Å². The zero-order valence-electron chi connectivity index (χ0n) is 12.1. The first-order chi connectivity index (χ1) is 8.36. The Balaban J connectivity index is 2.15. The fourth-order valence-corrected chi connectivity index (χ4v) is 3.20. The van der Waals surface area contributed by atoms with E-state index in [1.807, 2.05) is 0 Å². The predicted molar refractivity (Wildman–Crippen MR) is 77.4 cm³/mol. The van der Waals surface area contributed by atoms with Gasteiger partial charge < -0.3 is 5.32 Å². The maximum Gasteiger partial charge on any atom is 0.00667 e. The maximum atomic E-state index is 3.55. The van der Waals surface area contributed by atoms with Gasteiger partial charge in [0, 0.05) is 6.04 Å². The fraction of sp³-hybridized carbons (Fsp3) is 1.00. The number of nitrogens with one attached hydrogen (secondary N) is 1. The topological polar surface area (TPSA) is 12.0 Å². The van der Waals surface area contributed by atoms with Crippen molar-refractivity contribution in [3.8, 4) is 0 Å². The molecule has 0 saturated heterocycles. The first-order valence-corrected chi connectivity index (χ1v) is 8.04. The summed E-state index contributed by atoms with van der Waals surface area (Å²) in [5.41, 5.74) is 0. The van der Waals surface area contributed by atoms with Gasteiger partial charge in [0.05, 0.1) is 0 Å². The summed E-state index contributed by atoms with van der Waals surface area (Å²) in [5.74, 6) is 1.01. The smallest absolute Gasteiger partial charge is 0.00667 e. The van der Waals surface area contributed by atoms with Gasteiger partial charge in [0.1, 0.15) is 0 Å². The zero-order valence-corrected chi connectivity index (χ0v) is 12.1. The van der Waals surface area contributed by atoms with E-state index in [4.69, 9.17) is 0 Å². The molecule has 1 heteroatoms. The van der Waals surface area contributed by atoms with E-state index in [2.05, 4.69) is 19.3 Å². The van der Waals surface area contributed by atoms with Gasteiger partial charge in [-0.25, -0.2) is 0 Å². The van der Waals surface area contributed by atoms with Crippen LogP contribution in [-0.4, -0.2) is 13.1 Å². The van der Waals surface area contributed by atoms with Gasteiger partial charge in [-0.1, -0.05) is 71.1 Å². The highest BCUT2D eigenvalue weighted by Crippen LogP contribution is 2.27. The lowest BCUT2D eigenvalue weighted by atomic mass is 9.90. The summed E-state index contributed by atoms with van der Waals surface area (Å²) in [4.78, 5) is 0. The SMILES string of the molecule is CCCCCCC(CC1CCCCCC1)NC. The molecule has 0 bridgehead atoms. The van der Waals surface area contributed by atoms with Crippen molar-refractivity contribution in [3.05, 3.63) is 0 Å². The van der Waals surface area contributed by atoms with Crippen molar-refractivity contribution in [1.29, 1.82) is 0 Å². The summed E-state index contributed by atoms with van der Waals surface area (Å²) in [6.45, 7) is 2.29. The minimum Gasteiger partial charge on any atom is -0.317 e. The van der Waals surface area contributed by atoms with E-state index in [0.717, 1.165) is 12.0 Å². The lowest BCUT2D eigenvalue weighted by Gasteiger charge is -2.22. The highest BCUT2D eigenvalue weighted by Gasteiger charge is 2.16. The van der Waals surface area contributed by atoms with Crippen LogP contribution >= 0.6 is 0 Å². The maximum absolute atomic E-state index is 3.55. The summed E-state index contributed by atoms with van der Waals surface area (Å²) in [7, 11) is 2.15. The normalized spacial score (nSPS) is 20.1. The molecule has 1 aliphatic rings. The molecule has 1 saturated carbocycles. The van der Waals surface area contributed by atoms with E-state index < -0.39 is 0 Å². The Bertz CT molecular complexity index is 159. The molecule has 1 N–H and O–H groups in total. The van der Waals surface area contributed by atoms with Crippen LogP contribution in [0.25, 0.3) is 0 Å². The van der Waals surface area contributed by atoms with E-state index in [9.17, 15) is 0 Å². The summed E-state index contributed by atoms with van der Waals surface area (Å²) in [5, 5.41) is 3.55. The van der Waals surface area contributed by atoms with Crippen LogP contribution in [0.15, 0.2) is 0 Å². The standard InChI is InChI=1S/C16H33N/c1-3-4-5-10-13-16(17-2)14-15-11-8-6-7-9-12-15/h15-17H,3-14H2,1-2H3. The Hall–Kier alpha value is -0.0400. The summed E-state index contributed by atoms with van der Waals surface area (Å²) in [6.07, 6.45) is 17.4. The predicted octanol–water partition coefficient (Wildman–Crippen LogP) is 4.91. The first-order valence-electron chi connectivity index (χ1n) is 8.04. The Morgan fingerprint density at radius 2 is 1.71 bits per heavy atom. The molecule has 1 aliphatic carbocycles. The van der Waals surface area contributed by atoms with Gasteiger partial charge in [-0.2, -0.15) is 0 Å². The van der Waals surface area contributed by atoms with Gasteiger partial charge in [0.25, 0.3) is 0 Å². The van der Waals surface area contributed by atoms with Crippen LogP contribution in [-0.2, 0) is 0 Å². The Morgan fingerprint density at radius 3 is 2.29 bits per heavy atom. The van der Waals surface area contributed by atoms with E-state index in [1.54, 1.807) is 0 Å². The monoisotopic (exact) mass is 239 g/mol. The van der Waals surface area contributed by atoms with Crippen LogP contribution < -0.4 is 5.32 Å². The van der Waals surface area contributed by atoms with Crippen molar-refractivity contribution in [2.24, 2.45) is 5.92 Å². The molecule has 17 heavy (non-hydrogen) atoms. The molecule has 0 radical (unpaired) electrons. The molecule has 102 valence electrons. The Labute approximate surface area is 109 Å². The summed E-state index contributed by atoms with van der Waals surface area (Å²) in [6, 6.07) is 0.787. The molecule has 0 aliphatic heterocycles. The number of hydrogen-bond acceptors (Lipinski definition) is 1. The molecule has 0 amide bonds. The lowest BCUT2D eigenvalue weighted by Crippen LogP contribution is -2.27. The van der Waals surface area contributed by atoms with Crippen molar-refractivity contribution in [1.82, 2.24) is 5.32 Å². The van der Waals surface area contributed by atoms with Gasteiger partial charge in [0.2, 0.25) is 0 Å². The van der Waals surface area contributed by atoms with Crippen molar-refractivity contribution < 1.29 is 0 Å². The van der Waals surface area contributed by atoms with Gasteiger partial charge in [0.15, 0.2) is 0 Å². The van der Waals surface area contributed by atoms with Gasteiger partial charge in [-0.05, 0) is 25.8 Å². The van der Waals surface area contributed by atoms with Crippen LogP contribution in [0.2, 0.25) is 0 Å². The number of rotatable bonds is 8. The molecule has 1 rings (SSSR count). The second-order valence-corrected chi connectivity index (χ2v) is 5.93. The average molecular weight is 239 g/mol. The lowest BCUT2D eigenvalue weighted by molar-refractivity contribution is 0.344. The third-order valence-electron chi connectivity index (χ3n) is 4.41. The fourth-order valence-electron chi connectivity index (χ4n) is 3.20. The molecule has 0 heterocycles. The molecule has 0 spiro atoms. The van der Waals surface area contributed by atoms with Crippen LogP contribution in [0.3, 0.4) is 0 Å². The van der Waals surface area contributed by atoms with E-state index in [0.29, 0.717) is 0 Å². The quantitative estimate of drug-likeness (QED) is 0.469. The van der Waals surface area contributed by atoms with E-state index in [-0.39, 0.29) is 0 Å². The molecule has 1 atom stereocenters. The molecular weight excluding hydrogens is 206 g/mol. The van der Waals surface area contributed by atoms with Gasteiger partial charge >= 0.3 is 0 Å². The minimum atomic E-state index is 0.787. The molecular formula is C16H33N. The molecule has 0 aromatic carbocycles. The van der Waals surface area contributed by atoms with Gasteiger partial charge in [-0.15, -0.1) is 0 Å². The number of hydrogen-bond donors (Lipinski definition) is 1. The highest BCUT2D eigenvalue weighted by molar-refractivity contribution is 4.73. The summed E-state index contributed by atoms with van der Waals surface area (Å²) < 4.78 is 0. The van der Waals surface area contributed by atoms with E-state index in [1.165, 1.54) is 77.0 Å². The van der Waals surface area contributed by atoms with Crippen LogP contribution in [0.1, 0.15) is 84.0 Å². The third-order valence-corrected chi connectivity index (χ3v) is 4.41. The second-order valence-electron chi connectivity index (χ2n) is 5.93. The molecule has 1 nitrogen and oxygen atoms in total. The Morgan fingerprint density at radius 1 is 1.00 bits per heavy atom. The molecule has 0 aromatic rings. The van der Waals surface area contributed by atoms with Crippen molar-refractivity contribution in [2.45, 2.75) is 90.0 Å². The minimum absolute atomic E-state index is 0.787. The van der Waals surface area contributed by atoms with Gasteiger partial charge in [-0.3, -0.25) is 0 Å². The van der Waals surface area contributed by atoms with Crippen molar-refractivity contribution in [3.63, 3.8) is 0 Å². The Kier molecular flexibility index (Phi) is 8.78. The van der Waals surface area contributed by atoms with Crippen LogP contribution in [0.4, 0.5) is 0 Å². The average Bonchev–Trinajstić information content (AvgIpc) is 2.61. The van der Waals surface area contributed by atoms with E-state index >= 15 is 0 Å². The molecule has 0 aromatic heterocycles.